The lowest BCUT2D eigenvalue weighted by Crippen LogP contribution is -2.08. The van der Waals surface area contributed by atoms with Crippen molar-refractivity contribution in [2.24, 2.45) is 0 Å². The zero-order valence-electron chi connectivity index (χ0n) is 25.0. The number of benzene rings is 4. The quantitative estimate of drug-likeness (QED) is 0.113. The van der Waals surface area contributed by atoms with Gasteiger partial charge in [0, 0.05) is 18.1 Å². The number of ether oxygens (including phenoxy) is 4. The minimum absolute atomic E-state index is 0.456. The van der Waals surface area contributed by atoms with Crippen molar-refractivity contribution >= 4 is 11.3 Å². The van der Waals surface area contributed by atoms with Crippen molar-refractivity contribution in [1.29, 1.82) is 0 Å². The van der Waals surface area contributed by atoms with Crippen LogP contribution in [0.15, 0.2) is 90.4 Å². The van der Waals surface area contributed by atoms with E-state index in [0.717, 1.165) is 87.3 Å². The second-order valence-corrected chi connectivity index (χ2v) is 11.1. The average Bonchev–Trinajstić information content (AvgIpc) is 3.58. The summed E-state index contributed by atoms with van der Waals surface area (Å²) >= 11 is 1.50. The van der Waals surface area contributed by atoms with Crippen LogP contribution in [0.3, 0.4) is 0 Å². The van der Waals surface area contributed by atoms with Gasteiger partial charge < -0.3 is 18.9 Å². The van der Waals surface area contributed by atoms with Crippen molar-refractivity contribution < 1.29 is 18.9 Å². The van der Waals surface area contributed by atoms with Gasteiger partial charge in [-0.25, -0.2) is 0 Å². The molecule has 5 rings (SSSR count). The van der Waals surface area contributed by atoms with Gasteiger partial charge in [0.25, 0.3) is 0 Å². The fraction of sp³-hybridized carbons (Fsp3) is 0.278. The summed E-state index contributed by atoms with van der Waals surface area (Å²) in [7, 11) is 0. The highest BCUT2D eigenvalue weighted by Gasteiger charge is 2.16. The predicted molar refractivity (Wildman–Crippen MR) is 173 cm³/mol. The van der Waals surface area contributed by atoms with Gasteiger partial charge in [0.05, 0.1) is 18.8 Å². The lowest BCUT2D eigenvalue weighted by atomic mass is 10.1. The van der Waals surface area contributed by atoms with Crippen LogP contribution in [0.5, 0.6) is 28.7 Å². The smallest absolute Gasteiger partial charge is 0.151 e. The van der Waals surface area contributed by atoms with Crippen LogP contribution in [0.1, 0.15) is 48.9 Å². The zero-order valence-corrected chi connectivity index (χ0v) is 25.9. The van der Waals surface area contributed by atoms with Crippen LogP contribution in [0.2, 0.25) is 0 Å². The fourth-order valence-electron chi connectivity index (χ4n) is 4.81. The molecule has 7 heteroatoms. The first-order valence-corrected chi connectivity index (χ1v) is 15.7. The first kappa shape index (κ1) is 30.1. The molecule has 0 fully saturated rings. The van der Waals surface area contributed by atoms with E-state index in [4.69, 9.17) is 18.9 Å². The number of hydrogen-bond donors (Lipinski definition) is 0. The number of aromatic nitrogens is 2. The van der Waals surface area contributed by atoms with Gasteiger partial charge in [0.2, 0.25) is 0 Å². The molecule has 0 radical (unpaired) electrons. The number of hydrogen-bond acceptors (Lipinski definition) is 7. The van der Waals surface area contributed by atoms with Gasteiger partial charge >= 0.3 is 0 Å². The maximum absolute atomic E-state index is 6.32. The first-order chi connectivity index (χ1) is 21.2. The Hall–Kier alpha value is -4.36. The maximum Gasteiger partial charge on any atom is 0.151 e. The molecule has 1 heterocycles. The summed E-state index contributed by atoms with van der Waals surface area (Å²) in [5.74, 6) is 4.12. The largest absolute Gasteiger partial charge is 0.493 e. The first-order valence-electron chi connectivity index (χ1n) is 14.9. The van der Waals surface area contributed by atoms with Crippen molar-refractivity contribution in [2.45, 2.75) is 53.1 Å². The minimum Gasteiger partial charge on any atom is -0.493 e. The summed E-state index contributed by atoms with van der Waals surface area (Å²) in [5.41, 5.74) is 7.06. The summed E-state index contributed by atoms with van der Waals surface area (Å²) in [6.07, 6.45) is 3.43. The molecule has 0 unspecified atom stereocenters. The molecule has 0 amide bonds. The summed E-state index contributed by atoms with van der Waals surface area (Å²) in [6, 6.07) is 28.3. The Labute approximate surface area is 258 Å². The van der Waals surface area contributed by atoms with E-state index in [9.17, 15) is 0 Å². The number of rotatable bonds is 15. The van der Waals surface area contributed by atoms with Crippen LogP contribution in [-0.2, 0) is 19.4 Å². The van der Waals surface area contributed by atoms with Crippen molar-refractivity contribution in [3.8, 4) is 39.3 Å². The predicted octanol–water partition coefficient (Wildman–Crippen LogP) is 9.25. The van der Waals surface area contributed by atoms with E-state index in [1.807, 2.05) is 60.7 Å². The van der Waals surface area contributed by atoms with Gasteiger partial charge in [-0.3, -0.25) is 0 Å². The van der Waals surface area contributed by atoms with Gasteiger partial charge in [0.1, 0.15) is 40.9 Å². The SMILES string of the molecule is CCCc1c(OCCCOc2cc(OCc3ccccc3)c(-c3nncs3)cc2CC)cccc1Oc1ccccc1C. The summed E-state index contributed by atoms with van der Waals surface area (Å²) < 4.78 is 25.2. The molecule has 0 bridgehead atoms. The highest BCUT2D eigenvalue weighted by atomic mass is 32.1. The van der Waals surface area contributed by atoms with E-state index < -0.39 is 0 Å². The summed E-state index contributed by atoms with van der Waals surface area (Å²) in [4.78, 5) is 0. The molecule has 4 aromatic carbocycles. The molecule has 0 spiro atoms. The van der Waals surface area contributed by atoms with Crippen LogP contribution in [0.25, 0.3) is 10.6 Å². The summed E-state index contributed by atoms with van der Waals surface area (Å²) in [6.45, 7) is 7.86. The van der Waals surface area contributed by atoms with E-state index in [0.29, 0.717) is 19.8 Å². The molecule has 0 aliphatic rings. The van der Waals surface area contributed by atoms with Gasteiger partial charge in [-0.1, -0.05) is 86.2 Å². The molecule has 6 nitrogen and oxygen atoms in total. The highest BCUT2D eigenvalue weighted by Crippen LogP contribution is 2.38. The van der Waals surface area contributed by atoms with E-state index in [2.05, 4.69) is 55.2 Å². The topological polar surface area (TPSA) is 62.7 Å². The Balaban J connectivity index is 1.24. The zero-order chi connectivity index (χ0) is 29.9. The van der Waals surface area contributed by atoms with Crippen LogP contribution in [0.4, 0.5) is 0 Å². The van der Waals surface area contributed by atoms with Gasteiger partial charge in [-0.2, -0.15) is 0 Å². The van der Waals surface area contributed by atoms with Gasteiger partial charge in [-0.15, -0.1) is 10.2 Å². The van der Waals surface area contributed by atoms with E-state index in [1.54, 1.807) is 5.51 Å². The number of para-hydroxylation sites is 1. The third-order valence-corrected chi connectivity index (χ3v) is 7.80. The van der Waals surface area contributed by atoms with E-state index >= 15 is 0 Å². The molecule has 43 heavy (non-hydrogen) atoms. The number of aryl methyl sites for hydroxylation is 2. The van der Waals surface area contributed by atoms with Gasteiger partial charge in [-0.05, 0) is 60.7 Å². The lowest BCUT2D eigenvalue weighted by molar-refractivity contribution is 0.243. The normalized spacial score (nSPS) is 10.9. The molecule has 0 aliphatic carbocycles. The Morgan fingerprint density at radius 3 is 2.21 bits per heavy atom. The third kappa shape index (κ3) is 7.93. The molecular weight excluding hydrogens is 556 g/mol. The molecular formula is C36H38N2O4S. The highest BCUT2D eigenvalue weighted by molar-refractivity contribution is 7.12. The van der Waals surface area contributed by atoms with E-state index in [1.165, 1.54) is 11.3 Å². The Morgan fingerprint density at radius 1 is 0.721 bits per heavy atom. The third-order valence-electron chi connectivity index (χ3n) is 7.08. The lowest BCUT2D eigenvalue weighted by Gasteiger charge is -2.18. The Kier molecular flexibility index (Phi) is 10.6. The second kappa shape index (κ2) is 15.2. The van der Waals surface area contributed by atoms with Crippen LogP contribution < -0.4 is 18.9 Å². The van der Waals surface area contributed by atoms with Crippen molar-refractivity contribution in [3.05, 3.63) is 113 Å². The molecule has 0 aliphatic heterocycles. The Bertz CT molecular complexity index is 1590. The standard InChI is InChI=1S/C36H38N2O4S/c1-4-13-29-32(18-11-19-33(29)42-31-17-10-9-14-26(31)3)39-20-12-21-40-34-23-35(41-24-27-15-7-6-8-16-27)30(22-28(34)5-2)36-38-37-25-43-36/h6-11,14-19,22-23,25H,4-5,12-13,20-21,24H2,1-3H3. The maximum atomic E-state index is 6.32. The monoisotopic (exact) mass is 594 g/mol. The molecule has 0 N–H and O–H groups in total. The Morgan fingerprint density at radius 2 is 1.47 bits per heavy atom. The van der Waals surface area contributed by atoms with Crippen molar-refractivity contribution in [3.63, 3.8) is 0 Å². The fourth-order valence-corrected chi connectivity index (χ4v) is 5.39. The summed E-state index contributed by atoms with van der Waals surface area (Å²) in [5, 5.41) is 9.17. The minimum atomic E-state index is 0.456. The molecule has 0 saturated carbocycles. The van der Waals surface area contributed by atoms with E-state index in [-0.39, 0.29) is 0 Å². The van der Waals surface area contributed by atoms with Crippen LogP contribution in [0, 0.1) is 6.92 Å². The molecule has 1 aromatic heterocycles. The molecule has 0 saturated heterocycles. The molecule has 5 aromatic rings. The van der Waals surface area contributed by atoms with Crippen molar-refractivity contribution in [1.82, 2.24) is 10.2 Å². The second-order valence-electron chi connectivity index (χ2n) is 10.2. The molecule has 0 atom stereocenters. The van der Waals surface area contributed by atoms with Gasteiger partial charge in [0.15, 0.2) is 5.01 Å². The number of nitrogens with zero attached hydrogens (tertiary/aromatic N) is 2. The van der Waals surface area contributed by atoms with Crippen LogP contribution >= 0.6 is 11.3 Å². The molecule has 222 valence electrons. The average molecular weight is 595 g/mol. The van der Waals surface area contributed by atoms with Crippen molar-refractivity contribution in [2.75, 3.05) is 13.2 Å². The van der Waals surface area contributed by atoms with Crippen LogP contribution in [-0.4, -0.2) is 23.4 Å².